The van der Waals surface area contributed by atoms with Crippen molar-refractivity contribution in [2.24, 2.45) is 5.92 Å². The van der Waals surface area contributed by atoms with E-state index in [9.17, 15) is 0 Å². The molecule has 2 aliphatic rings. The van der Waals surface area contributed by atoms with Gasteiger partial charge in [0.05, 0.1) is 0 Å². The molecule has 0 radical (unpaired) electrons. The summed E-state index contributed by atoms with van der Waals surface area (Å²) >= 11 is 6.26. The predicted molar refractivity (Wildman–Crippen MR) is 86.5 cm³/mol. The zero-order valence-electron chi connectivity index (χ0n) is 12.4. The Kier molecular flexibility index (Phi) is 4.52. The molecule has 0 spiro atoms. The lowest BCUT2D eigenvalue weighted by atomic mass is 9.78. The van der Waals surface area contributed by atoms with Gasteiger partial charge in [-0.15, -0.1) is 0 Å². The molecule has 1 N–H and O–H groups in total. The molecule has 3 heteroatoms. The van der Waals surface area contributed by atoms with Gasteiger partial charge in [0, 0.05) is 29.8 Å². The van der Waals surface area contributed by atoms with Gasteiger partial charge in [0.2, 0.25) is 0 Å². The molecule has 1 aromatic carbocycles. The molecule has 2 atom stereocenters. The number of benzene rings is 1. The molecule has 0 unspecified atom stereocenters. The molecule has 1 saturated carbocycles. The third-order valence-corrected chi connectivity index (χ3v) is 5.20. The highest BCUT2D eigenvalue weighted by Gasteiger charge is 2.34. The summed E-state index contributed by atoms with van der Waals surface area (Å²) in [6.45, 7) is 2.11. The lowest BCUT2D eigenvalue weighted by molar-refractivity contribution is 0.243. The summed E-state index contributed by atoms with van der Waals surface area (Å²) in [6, 6.07) is 7.11. The van der Waals surface area contributed by atoms with E-state index in [4.69, 9.17) is 11.6 Å². The number of anilines is 1. The number of halogens is 1. The molecular formula is C17H25ClN2. The SMILES string of the molecule is CNCc1ccc(Cl)cc1N1CCC[C@H]2CCCC[C@H]21. The first-order valence-electron chi connectivity index (χ1n) is 7.99. The fourth-order valence-corrected chi connectivity index (χ4v) is 4.23. The second-order valence-electron chi connectivity index (χ2n) is 6.25. The van der Waals surface area contributed by atoms with Crippen LogP contribution in [0.25, 0.3) is 0 Å². The van der Waals surface area contributed by atoms with Crippen LogP contribution in [0, 0.1) is 5.92 Å². The molecule has 1 aliphatic carbocycles. The second kappa shape index (κ2) is 6.36. The van der Waals surface area contributed by atoms with Crippen LogP contribution >= 0.6 is 11.6 Å². The van der Waals surface area contributed by atoms with Crippen molar-refractivity contribution in [3.05, 3.63) is 28.8 Å². The number of hydrogen-bond donors (Lipinski definition) is 1. The van der Waals surface area contributed by atoms with E-state index in [0.29, 0.717) is 0 Å². The standard InChI is InChI=1S/C17H25ClN2/c1-19-12-14-8-9-15(18)11-17(14)20-10-4-6-13-5-2-3-7-16(13)20/h8-9,11,13,16,19H,2-7,10,12H2,1H3/t13-,16-/m1/s1. The predicted octanol–water partition coefficient (Wildman–Crippen LogP) is 4.22. The molecule has 0 amide bonds. The van der Waals surface area contributed by atoms with Crippen LogP contribution < -0.4 is 10.2 Å². The van der Waals surface area contributed by atoms with E-state index in [1.165, 1.54) is 56.3 Å². The minimum absolute atomic E-state index is 0.742. The van der Waals surface area contributed by atoms with Gasteiger partial charge in [0.25, 0.3) is 0 Å². The Bertz CT molecular complexity index is 458. The van der Waals surface area contributed by atoms with E-state index in [2.05, 4.69) is 22.3 Å². The summed E-state index contributed by atoms with van der Waals surface area (Å²) < 4.78 is 0. The van der Waals surface area contributed by atoms with Crippen LogP contribution in [-0.4, -0.2) is 19.6 Å². The minimum atomic E-state index is 0.742. The Hall–Kier alpha value is -0.730. The molecule has 1 heterocycles. The van der Waals surface area contributed by atoms with E-state index in [-0.39, 0.29) is 0 Å². The highest BCUT2D eigenvalue weighted by Crippen LogP contribution is 2.39. The largest absolute Gasteiger partial charge is 0.368 e. The van der Waals surface area contributed by atoms with E-state index in [0.717, 1.165) is 23.5 Å². The van der Waals surface area contributed by atoms with Crippen molar-refractivity contribution in [1.29, 1.82) is 0 Å². The first-order valence-corrected chi connectivity index (χ1v) is 8.37. The molecule has 20 heavy (non-hydrogen) atoms. The fraction of sp³-hybridized carbons (Fsp3) is 0.647. The van der Waals surface area contributed by atoms with Gasteiger partial charge in [0.15, 0.2) is 0 Å². The monoisotopic (exact) mass is 292 g/mol. The Morgan fingerprint density at radius 1 is 1.20 bits per heavy atom. The van der Waals surface area contributed by atoms with Crippen LogP contribution in [0.2, 0.25) is 5.02 Å². The summed E-state index contributed by atoms with van der Waals surface area (Å²) in [5, 5.41) is 4.14. The van der Waals surface area contributed by atoms with Crippen molar-refractivity contribution in [2.45, 2.75) is 51.1 Å². The van der Waals surface area contributed by atoms with E-state index >= 15 is 0 Å². The quantitative estimate of drug-likeness (QED) is 0.897. The third-order valence-electron chi connectivity index (χ3n) is 4.97. The van der Waals surface area contributed by atoms with Crippen molar-refractivity contribution >= 4 is 17.3 Å². The third kappa shape index (κ3) is 2.82. The van der Waals surface area contributed by atoms with E-state index < -0.39 is 0 Å². The van der Waals surface area contributed by atoms with Gasteiger partial charge in [0.1, 0.15) is 0 Å². The average molecular weight is 293 g/mol. The molecule has 1 aromatic rings. The lowest BCUT2D eigenvalue weighted by Crippen LogP contribution is -2.47. The van der Waals surface area contributed by atoms with Crippen LogP contribution in [0.5, 0.6) is 0 Å². The van der Waals surface area contributed by atoms with Crippen LogP contribution in [0.3, 0.4) is 0 Å². The van der Waals surface area contributed by atoms with Gasteiger partial charge in [-0.2, -0.15) is 0 Å². The molecule has 1 saturated heterocycles. The number of rotatable bonds is 3. The first kappa shape index (κ1) is 14.2. The van der Waals surface area contributed by atoms with Crippen molar-refractivity contribution < 1.29 is 0 Å². The van der Waals surface area contributed by atoms with Crippen molar-refractivity contribution in [3.63, 3.8) is 0 Å². The van der Waals surface area contributed by atoms with Crippen molar-refractivity contribution in [2.75, 3.05) is 18.5 Å². The highest BCUT2D eigenvalue weighted by atomic mass is 35.5. The minimum Gasteiger partial charge on any atom is -0.368 e. The summed E-state index contributed by atoms with van der Waals surface area (Å²) in [5.41, 5.74) is 2.74. The number of nitrogens with zero attached hydrogens (tertiary/aromatic N) is 1. The summed E-state index contributed by atoms with van der Waals surface area (Å²) in [7, 11) is 2.01. The number of nitrogens with one attached hydrogen (secondary N) is 1. The topological polar surface area (TPSA) is 15.3 Å². The Morgan fingerprint density at radius 2 is 2.00 bits per heavy atom. The maximum Gasteiger partial charge on any atom is 0.0429 e. The van der Waals surface area contributed by atoms with Crippen LogP contribution in [0.1, 0.15) is 44.1 Å². The Morgan fingerprint density at radius 3 is 2.85 bits per heavy atom. The lowest BCUT2D eigenvalue weighted by Gasteiger charge is -2.46. The molecule has 2 nitrogen and oxygen atoms in total. The molecule has 0 aromatic heterocycles. The van der Waals surface area contributed by atoms with Crippen LogP contribution in [0.15, 0.2) is 18.2 Å². The van der Waals surface area contributed by atoms with Gasteiger partial charge in [-0.05, 0) is 56.3 Å². The number of fused-ring (bicyclic) bond motifs is 1. The smallest absolute Gasteiger partial charge is 0.0429 e. The number of hydrogen-bond acceptors (Lipinski definition) is 2. The molecule has 1 aliphatic heterocycles. The number of piperidine rings is 1. The van der Waals surface area contributed by atoms with Gasteiger partial charge >= 0.3 is 0 Å². The first-order chi connectivity index (χ1) is 9.79. The zero-order valence-corrected chi connectivity index (χ0v) is 13.1. The van der Waals surface area contributed by atoms with Crippen molar-refractivity contribution in [1.82, 2.24) is 5.32 Å². The Labute approximate surface area is 127 Å². The van der Waals surface area contributed by atoms with Gasteiger partial charge in [-0.3, -0.25) is 0 Å². The second-order valence-corrected chi connectivity index (χ2v) is 6.69. The van der Waals surface area contributed by atoms with E-state index in [1.54, 1.807) is 0 Å². The molecule has 0 bridgehead atoms. The molecule has 3 rings (SSSR count). The zero-order chi connectivity index (χ0) is 13.9. The summed E-state index contributed by atoms with van der Waals surface area (Å²) in [5.74, 6) is 0.902. The molecule has 2 fully saturated rings. The maximum atomic E-state index is 6.26. The van der Waals surface area contributed by atoms with Crippen LogP contribution in [-0.2, 0) is 6.54 Å². The summed E-state index contributed by atoms with van der Waals surface area (Å²) in [6.07, 6.45) is 8.34. The Balaban J connectivity index is 1.91. The summed E-state index contributed by atoms with van der Waals surface area (Å²) in [4.78, 5) is 2.66. The average Bonchev–Trinajstić information content (AvgIpc) is 2.49. The maximum absolute atomic E-state index is 6.26. The normalized spacial score (nSPS) is 26.4. The highest BCUT2D eigenvalue weighted by molar-refractivity contribution is 6.30. The van der Waals surface area contributed by atoms with Gasteiger partial charge in [-0.1, -0.05) is 30.5 Å². The van der Waals surface area contributed by atoms with Crippen molar-refractivity contribution in [3.8, 4) is 0 Å². The van der Waals surface area contributed by atoms with Gasteiger partial charge < -0.3 is 10.2 Å². The van der Waals surface area contributed by atoms with Gasteiger partial charge in [-0.25, -0.2) is 0 Å². The molecular weight excluding hydrogens is 268 g/mol. The van der Waals surface area contributed by atoms with E-state index in [1.807, 2.05) is 13.1 Å². The fourth-order valence-electron chi connectivity index (χ4n) is 4.07. The van der Waals surface area contributed by atoms with Crippen LogP contribution in [0.4, 0.5) is 5.69 Å². The molecule has 110 valence electrons.